The molecule has 0 aliphatic rings. The summed E-state index contributed by atoms with van der Waals surface area (Å²) in [6, 6.07) is 18.2. The summed E-state index contributed by atoms with van der Waals surface area (Å²) in [7, 11) is -3.55. The lowest BCUT2D eigenvalue weighted by Crippen LogP contribution is -2.16. The molecule has 0 unspecified atom stereocenters. The number of aromatic nitrogens is 3. The van der Waals surface area contributed by atoms with Crippen molar-refractivity contribution in [3.8, 4) is 17.0 Å². The third-order valence-corrected chi connectivity index (χ3v) is 8.51. The molecule has 5 aromatic rings. The van der Waals surface area contributed by atoms with E-state index in [1.165, 1.54) is 0 Å². The number of benzene rings is 3. The standard InChI is InChI=1S/C29H30N4O6S2/c1-3-5-14-41(36,37)32-22-11-13-26-23(16-22)27(21-9-6-19(18-34)7-10-21)28(39-29(35)38-4-2)33(26)17-20-8-12-24-25(15-20)31-40-30-24/h6-13,15-16,32,34H,3-5,14,17-18H2,1-2H3. The number of fused-ring (bicyclic) bond motifs is 2. The first-order valence-corrected chi connectivity index (χ1v) is 15.6. The molecule has 0 saturated carbocycles. The topological polar surface area (TPSA) is 133 Å². The molecule has 0 saturated heterocycles. The van der Waals surface area contributed by atoms with E-state index in [1.807, 2.05) is 41.8 Å². The van der Waals surface area contributed by atoms with Gasteiger partial charge in [-0.3, -0.25) is 4.72 Å². The zero-order valence-corrected chi connectivity index (χ0v) is 24.3. The number of aliphatic hydroxyl groups is 1. The van der Waals surface area contributed by atoms with Gasteiger partial charge >= 0.3 is 6.16 Å². The number of nitrogens with zero attached hydrogens (tertiary/aromatic N) is 3. The maximum atomic E-state index is 12.7. The summed E-state index contributed by atoms with van der Waals surface area (Å²) in [4.78, 5) is 12.7. The normalized spacial score (nSPS) is 11.7. The Hall–Kier alpha value is -4.00. The number of hydrogen-bond acceptors (Lipinski definition) is 9. The summed E-state index contributed by atoms with van der Waals surface area (Å²) in [5.74, 6) is 0.265. The molecule has 0 radical (unpaired) electrons. The largest absolute Gasteiger partial charge is 0.515 e. The van der Waals surface area contributed by atoms with Crippen molar-refractivity contribution in [2.24, 2.45) is 0 Å². The first kappa shape index (κ1) is 28.5. The number of hydrogen-bond donors (Lipinski definition) is 2. The summed E-state index contributed by atoms with van der Waals surface area (Å²) in [5, 5.41) is 10.2. The van der Waals surface area contributed by atoms with Gasteiger partial charge in [0.2, 0.25) is 15.9 Å². The maximum Gasteiger partial charge on any atom is 0.515 e. The summed E-state index contributed by atoms with van der Waals surface area (Å²) in [6.07, 6.45) is 0.449. The predicted octanol–water partition coefficient (Wildman–Crippen LogP) is 5.93. The van der Waals surface area contributed by atoms with Crippen molar-refractivity contribution in [1.82, 2.24) is 13.3 Å². The zero-order chi connectivity index (χ0) is 29.0. The van der Waals surface area contributed by atoms with Crippen LogP contribution in [0.3, 0.4) is 0 Å². The minimum absolute atomic E-state index is 0.0171. The van der Waals surface area contributed by atoms with Crippen molar-refractivity contribution >= 4 is 55.5 Å². The first-order valence-electron chi connectivity index (χ1n) is 13.2. The Morgan fingerprint density at radius 1 is 1.00 bits per heavy atom. The Kier molecular flexibility index (Phi) is 8.52. The molecule has 0 amide bonds. The highest BCUT2D eigenvalue weighted by molar-refractivity contribution is 7.92. The van der Waals surface area contributed by atoms with Crippen molar-refractivity contribution in [2.75, 3.05) is 17.1 Å². The molecule has 2 aromatic heterocycles. The van der Waals surface area contributed by atoms with Crippen LogP contribution >= 0.6 is 11.7 Å². The van der Waals surface area contributed by atoms with E-state index < -0.39 is 16.2 Å². The van der Waals surface area contributed by atoms with Gasteiger partial charge in [0.1, 0.15) is 11.0 Å². The molecule has 12 heteroatoms. The van der Waals surface area contributed by atoms with Crippen LogP contribution in [0, 0.1) is 0 Å². The van der Waals surface area contributed by atoms with Crippen LogP contribution in [-0.4, -0.2) is 45.4 Å². The average molecular weight is 595 g/mol. The van der Waals surface area contributed by atoms with Crippen LogP contribution in [0.25, 0.3) is 33.1 Å². The Morgan fingerprint density at radius 3 is 2.49 bits per heavy atom. The van der Waals surface area contributed by atoms with E-state index in [0.717, 1.165) is 51.4 Å². The molecule has 2 heterocycles. The Morgan fingerprint density at radius 2 is 1.76 bits per heavy atom. The fraction of sp³-hybridized carbons (Fsp3) is 0.276. The highest BCUT2D eigenvalue weighted by Gasteiger charge is 2.24. The van der Waals surface area contributed by atoms with E-state index in [-0.39, 0.29) is 24.8 Å². The van der Waals surface area contributed by atoms with Crippen LogP contribution in [-0.2, 0) is 27.9 Å². The van der Waals surface area contributed by atoms with Crippen molar-refractivity contribution in [3.05, 3.63) is 71.8 Å². The molecule has 10 nitrogen and oxygen atoms in total. The number of nitrogens with one attached hydrogen (secondary N) is 1. The number of anilines is 1. The number of aliphatic hydroxyl groups excluding tert-OH is 1. The van der Waals surface area contributed by atoms with Gasteiger partial charge in [-0.15, -0.1) is 0 Å². The van der Waals surface area contributed by atoms with Gasteiger partial charge in [0.25, 0.3) is 0 Å². The lowest BCUT2D eigenvalue weighted by Gasteiger charge is -2.13. The molecule has 5 rings (SSSR count). The molecule has 0 atom stereocenters. The lowest BCUT2D eigenvalue weighted by molar-refractivity contribution is 0.101. The Balaban J connectivity index is 1.70. The minimum Gasteiger partial charge on any atom is -0.434 e. The number of unbranched alkanes of at least 4 members (excludes halogenated alkanes) is 1. The van der Waals surface area contributed by atoms with E-state index in [4.69, 9.17) is 9.47 Å². The lowest BCUT2D eigenvalue weighted by atomic mass is 10.0. The van der Waals surface area contributed by atoms with Gasteiger partial charge < -0.3 is 19.1 Å². The molecule has 0 fully saturated rings. The van der Waals surface area contributed by atoms with Crippen LogP contribution < -0.4 is 9.46 Å². The van der Waals surface area contributed by atoms with Crippen LogP contribution in [0.1, 0.15) is 37.8 Å². The van der Waals surface area contributed by atoms with Crippen LogP contribution in [0.5, 0.6) is 5.88 Å². The molecule has 3 aromatic carbocycles. The fourth-order valence-corrected chi connectivity index (χ4v) is 6.39. The first-order chi connectivity index (χ1) is 19.8. The third kappa shape index (κ3) is 6.34. The second-order valence-corrected chi connectivity index (χ2v) is 11.9. The quantitative estimate of drug-likeness (QED) is 0.180. The molecular formula is C29H30N4O6S2. The molecule has 214 valence electrons. The van der Waals surface area contributed by atoms with Gasteiger partial charge in [-0.25, -0.2) is 13.2 Å². The van der Waals surface area contributed by atoms with Crippen LogP contribution in [0.15, 0.2) is 60.7 Å². The Labute approximate surface area is 241 Å². The second-order valence-electron chi connectivity index (χ2n) is 9.50. The van der Waals surface area contributed by atoms with Gasteiger partial charge in [-0.1, -0.05) is 43.7 Å². The minimum atomic E-state index is -3.55. The highest BCUT2D eigenvalue weighted by Crippen LogP contribution is 2.42. The molecule has 2 N–H and O–H groups in total. The summed E-state index contributed by atoms with van der Waals surface area (Å²) in [5.41, 5.74) is 5.61. The summed E-state index contributed by atoms with van der Waals surface area (Å²) < 4.78 is 49.5. The second kappa shape index (κ2) is 12.2. The van der Waals surface area contributed by atoms with Crippen molar-refractivity contribution in [1.29, 1.82) is 0 Å². The monoisotopic (exact) mass is 594 g/mol. The van der Waals surface area contributed by atoms with Gasteiger partial charge in [0.05, 0.1) is 48.3 Å². The van der Waals surface area contributed by atoms with Crippen molar-refractivity contribution < 1.29 is 27.8 Å². The van der Waals surface area contributed by atoms with Crippen LogP contribution in [0.2, 0.25) is 0 Å². The average Bonchev–Trinajstić information content (AvgIpc) is 3.54. The van der Waals surface area contributed by atoms with E-state index in [0.29, 0.717) is 29.6 Å². The SMILES string of the molecule is CCCCS(=O)(=O)Nc1ccc2c(c1)c(-c1ccc(CO)cc1)c(OC(=O)OCC)n2Cc1ccc2nsnc2c1. The smallest absolute Gasteiger partial charge is 0.434 e. The fourth-order valence-electron chi connectivity index (χ4n) is 4.61. The number of carbonyl (C=O) groups is 1. The van der Waals surface area contributed by atoms with Crippen molar-refractivity contribution in [3.63, 3.8) is 0 Å². The summed E-state index contributed by atoms with van der Waals surface area (Å²) in [6.45, 7) is 3.98. The zero-order valence-electron chi connectivity index (χ0n) is 22.7. The van der Waals surface area contributed by atoms with Gasteiger partial charge in [-0.2, -0.15) is 8.75 Å². The molecule has 0 aliphatic carbocycles. The van der Waals surface area contributed by atoms with E-state index in [2.05, 4.69) is 13.5 Å². The van der Waals surface area contributed by atoms with Gasteiger partial charge in [0, 0.05) is 11.1 Å². The maximum absolute atomic E-state index is 12.7. The number of ether oxygens (including phenoxy) is 2. The number of sulfonamides is 1. The van der Waals surface area contributed by atoms with E-state index >= 15 is 0 Å². The highest BCUT2D eigenvalue weighted by atomic mass is 32.2. The van der Waals surface area contributed by atoms with Crippen molar-refractivity contribution in [2.45, 2.75) is 39.8 Å². The molecule has 41 heavy (non-hydrogen) atoms. The van der Waals surface area contributed by atoms with E-state index in [9.17, 15) is 18.3 Å². The van der Waals surface area contributed by atoms with E-state index in [1.54, 1.807) is 37.3 Å². The number of carbonyl (C=O) groups excluding carboxylic acids is 1. The van der Waals surface area contributed by atoms with Gasteiger partial charge in [0.15, 0.2) is 0 Å². The molecule has 0 spiro atoms. The summed E-state index contributed by atoms with van der Waals surface area (Å²) >= 11 is 1.14. The molecular weight excluding hydrogens is 564 g/mol. The molecule has 0 bridgehead atoms. The predicted molar refractivity (Wildman–Crippen MR) is 160 cm³/mol. The Bertz CT molecular complexity index is 1800. The molecule has 0 aliphatic heterocycles. The van der Waals surface area contributed by atoms with Crippen LogP contribution in [0.4, 0.5) is 10.5 Å². The number of rotatable bonds is 11. The third-order valence-electron chi connectivity index (χ3n) is 6.58. The van der Waals surface area contributed by atoms with Gasteiger partial charge in [-0.05, 0) is 60.4 Å².